The van der Waals surface area contributed by atoms with Crippen molar-refractivity contribution in [2.75, 3.05) is 24.3 Å². The van der Waals surface area contributed by atoms with Gasteiger partial charge >= 0.3 is 0 Å². The molecule has 5 nitrogen and oxygen atoms in total. The highest BCUT2D eigenvalue weighted by Gasteiger charge is 2.40. The van der Waals surface area contributed by atoms with E-state index in [9.17, 15) is 14.0 Å². The van der Waals surface area contributed by atoms with Crippen molar-refractivity contribution in [2.45, 2.75) is 31.6 Å². The predicted octanol–water partition coefficient (Wildman–Crippen LogP) is 5.89. The number of hydrogen-bond acceptors (Lipinski definition) is 4. The van der Waals surface area contributed by atoms with Gasteiger partial charge in [0.2, 0.25) is 0 Å². The van der Waals surface area contributed by atoms with Crippen LogP contribution in [-0.4, -0.2) is 25.8 Å². The second kappa shape index (κ2) is 10.1. The van der Waals surface area contributed by atoms with E-state index in [1.165, 1.54) is 24.3 Å². The Bertz CT molecular complexity index is 1390. The molecule has 3 aromatic carbocycles. The van der Waals surface area contributed by atoms with E-state index in [1.54, 1.807) is 0 Å². The molecule has 1 aliphatic heterocycles. The average Bonchev–Trinajstić information content (AvgIpc) is 2.89. The predicted molar refractivity (Wildman–Crippen MR) is 145 cm³/mol. The monoisotopic (exact) mass is 495 g/mol. The molecular formula is C31H30FN3O2. The summed E-state index contributed by atoms with van der Waals surface area (Å²) in [5.74, 6) is -1.06. The first kappa shape index (κ1) is 24.5. The first-order valence-electron chi connectivity index (χ1n) is 12.4. The van der Waals surface area contributed by atoms with Crippen molar-refractivity contribution in [3.63, 3.8) is 0 Å². The van der Waals surface area contributed by atoms with Gasteiger partial charge in [-0.2, -0.15) is 0 Å². The Hall–Kier alpha value is -4.19. The summed E-state index contributed by atoms with van der Waals surface area (Å²) in [7, 11) is 3.94. The molecule has 0 fully saturated rings. The Balaban J connectivity index is 1.56. The zero-order valence-corrected chi connectivity index (χ0v) is 21.2. The Labute approximate surface area is 216 Å². The largest absolute Gasteiger partial charge is 0.378 e. The van der Waals surface area contributed by atoms with E-state index in [2.05, 4.69) is 22.8 Å². The molecule has 6 heteroatoms. The quantitative estimate of drug-likeness (QED) is 0.463. The summed E-state index contributed by atoms with van der Waals surface area (Å²) in [6.45, 7) is 1.88. The number of dihydropyridines is 1. The molecular weight excluding hydrogens is 465 g/mol. The van der Waals surface area contributed by atoms with Crippen LogP contribution in [0.2, 0.25) is 0 Å². The Morgan fingerprint density at radius 1 is 0.919 bits per heavy atom. The van der Waals surface area contributed by atoms with Crippen molar-refractivity contribution in [1.29, 1.82) is 0 Å². The second-order valence-corrected chi connectivity index (χ2v) is 9.87. The number of benzene rings is 3. The number of ketones is 1. The van der Waals surface area contributed by atoms with E-state index in [0.29, 0.717) is 35.4 Å². The van der Waals surface area contributed by atoms with Crippen LogP contribution in [0.4, 0.5) is 15.8 Å². The van der Waals surface area contributed by atoms with Crippen molar-refractivity contribution >= 4 is 23.1 Å². The molecule has 1 aliphatic carbocycles. The molecule has 188 valence electrons. The number of carbonyl (C=O) groups is 2. The summed E-state index contributed by atoms with van der Waals surface area (Å²) in [5.41, 5.74) is 6.28. The maximum absolute atomic E-state index is 13.7. The number of rotatable bonds is 5. The van der Waals surface area contributed by atoms with Crippen LogP contribution in [0.25, 0.3) is 0 Å². The maximum Gasteiger partial charge on any atom is 0.254 e. The highest BCUT2D eigenvalue weighted by Crippen LogP contribution is 2.45. The molecule has 1 heterocycles. The van der Waals surface area contributed by atoms with Gasteiger partial charge in [0.25, 0.3) is 5.91 Å². The van der Waals surface area contributed by atoms with Crippen molar-refractivity contribution in [3.8, 4) is 0 Å². The first-order chi connectivity index (χ1) is 17.8. The van der Waals surface area contributed by atoms with E-state index in [-0.39, 0.29) is 23.4 Å². The summed E-state index contributed by atoms with van der Waals surface area (Å²) < 4.78 is 13.4. The molecule has 1 amide bonds. The van der Waals surface area contributed by atoms with Crippen molar-refractivity contribution in [2.24, 2.45) is 0 Å². The molecule has 0 saturated heterocycles. The molecule has 2 aliphatic rings. The number of Topliss-reactive ketones (excluding diaryl/α,β-unsaturated/α-hetero) is 1. The van der Waals surface area contributed by atoms with E-state index >= 15 is 0 Å². The average molecular weight is 496 g/mol. The van der Waals surface area contributed by atoms with Gasteiger partial charge < -0.3 is 15.5 Å². The zero-order valence-electron chi connectivity index (χ0n) is 21.2. The van der Waals surface area contributed by atoms with Gasteiger partial charge in [0.15, 0.2) is 5.78 Å². The van der Waals surface area contributed by atoms with Crippen LogP contribution in [-0.2, 0) is 9.59 Å². The molecule has 2 atom stereocenters. The summed E-state index contributed by atoms with van der Waals surface area (Å²) in [6, 6.07) is 23.8. The molecule has 0 saturated carbocycles. The molecule has 2 N–H and O–H groups in total. The van der Waals surface area contributed by atoms with Crippen LogP contribution in [0.1, 0.15) is 42.7 Å². The van der Waals surface area contributed by atoms with Crippen LogP contribution in [0.3, 0.4) is 0 Å². The highest BCUT2D eigenvalue weighted by atomic mass is 19.1. The van der Waals surface area contributed by atoms with Crippen LogP contribution in [0.5, 0.6) is 0 Å². The fourth-order valence-corrected chi connectivity index (χ4v) is 5.33. The lowest BCUT2D eigenvalue weighted by Crippen LogP contribution is -2.37. The van der Waals surface area contributed by atoms with Gasteiger partial charge in [0.1, 0.15) is 5.82 Å². The van der Waals surface area contributed by atoms with Crippen LogP contribution in [0, 0.1) is 5.82 Å². The number of carbonyl (C=O) groups excluding carboxylic acids is 2. The minimum Gasteiger partial charge on any atom is -0.378 e. The molecule has 37 heavy (non-hydrogen) atoms. The standard InChI is InChI=1S/C31H30FN3O2/c1-19-28(31(37)34-24-13-11-23(32)12-14-24)29(21-9-15-25(16-10-21)35(2)3)30-26(33-19)17-22(18-27(30)36)20-7-5-4-6-8-20/h4-16,22,29,33H,17-18H2,1-3H3,(H,34,37)/t22-,29+/m0/s1. The molecule has 5 rings (SSSR count). The summed E-state index contributed by atoms with van der Waals surface area (Å²) in [5, 5.41) is 6.31. The van der Waals surface area contributed by atoms with Gasteiger partial charge in [-0.1, -0.05) is 42.5 Å². The zero-order chi connectivity index (χ0) is 26.1. The number of hydrogen-bond donors (Lipinski definition) is 2. The maximum atomic E-state index is 13.7. The number of amides is 1. The van der Waals surface area contributed by atoms with Gasteiger partial charge in [0, 0.05) is 60.3 Å². The van der Waals surface area contributed by atoms with E-state index < -0.39 is 5.92 Å². The van der Waals surface area contributed by atoms with Crippen molar-refractivity contribution in [3.05, 3.63) is 118 Å². The number of anilines is 2. The third kappa shape index (κ3) is 4.92. The number of allylic oxidation sites excluding steroid dienone is 3. The number of halogens is 1. The van der Waals surface area contributed by atoms with Crippen LogP contribution in [0.15, 0.2) is 101 Å². The molecule has 0 spiro atoms. The van der Waals surface area contributed by atoms with Crippen LogP contribution < -0.4 is 15.5 Å². The van der Waals surface area contributed by atoms with E-state index in [1.807, 2.05) is 68.4 Å². The molecule has 0 aromatic heterocycles. The highest BCUT2D eigenvalue weighted by molar-refractivity contribution is 6.10. The second-order valence-electron chi connectivity index (χ2n) is 9.87. The van der Waals surface area contributed by atoms with Gasteiger partial charge in [-0.25, -0.2) is 4.39 Å². The lowest BCUT2D eigenvalue weighted by Gasteiger charge is -2.37. The summed E-state index contributed by atoms with van der Waals surface area (Å²) >= 11 is 0. The number of nitrogens with one attached hydrogen (secondary N) is 2. The van der Waals surface area contributed by atoms with Gasteiger partial charge in [-0.15, -0.1) is 0 Å². The van der Waals surface area contributed by atoms with Gasteiger partial charge in [-0.05, 0) is 66.8 Å². The Morgan fingerprint density at radius 2 is 1.59 bits per heavy atom. The normalized spacial score (nSPS) is 19.3. The number of nitrogens with zero attached hydrogens (tertiary/aromatic N) is 1. The van der Waals surface area contributed by atoms with Crippen LogP contribution >= 0.6 is 0 Å². The molecule has 0 radical (unpaired) electrons. The minimum atomic E-state index is -0.503. The van der Waals surface area contributed by atoms with Gasteiger partial charge in [-0.3, -0.25) is 9.59 Å². The third-order valence-corrected chi connectivity index (χ3v) is 7.19. The Kier molecular flexibility index (Phi) is 6.66. The minimum absolute atomic E-state index is 0.0453. The fourth-order valence-electron chi connectivity index (χ4n) is 5.33. The molecule has 3 aromatic rings. The molecule has 0 unspecified atom stereocenters. The summed E-state index contributed by atoms with van der Waals surface area (Å²) in [4.78, 5) is 29.4. The molecule has 0 bridgehead atoms. The van der Waals surface area contributed by atoms with Gasteiger partial charge in [0.05, 0.1) is 0 Å². The summed E-state index contributed by atoms with van der Waals surface area (Å²) in [6.07, 6.45) is 1.09. The SMILES string of the molecule is CC1=C(C(=O)Nc2ccc(F)cc2)[C@@H](c2ccc(N(C)C)cc2)C2=C(C[C@H](c3ccccc3)CC2=O)N1. The smallest absolute Gasteiger partial charge is 0.254 e. The third-order valence-electron chi connectivity index (χ3n) is 7.19. The van der Waals surface area contributed by atoms with Crippen molar-refractivity contribution < 1.29 is 14.0 Å². The van der Waals surface area contributed by atoms with E-state index in [4.69, 9.17) is 0 Å². The lowest BCUT2D eigenvalue weighted by molar-refractivity contribution is -0.116. The first-order valence-corrected chi connectivity index (χ1v) is 12.4. The lowest BCUT2D eigenvalue weighted by atomic mass is 9.71. The van der Waals surface area contributed by atoms with Crippen molar-refractivity contribution in [1.82, 2.24) is 5.32 Å². The fraction of sp³-hybridized carbons (Fsp3) is 0.226. The van der Waals surface area contributed by atoms with E-state index in [0.717, 1.165) is 22.5 Å². The topological polar surface area (TPSA) is 61.4 Å². The Morgan fingerprint density at radius 3 is 2.24 bits per heavy atom.